The Hall–Kier alpha value is -1.43. The second-order valence-corrected chi connectivity index (χ2v) is 6.86. The van der Waals surface area contributed by atoms with Gasteiger partial charge in [0.1, 0.15) is 5.82 Å². The predicted octanol–water partition coefficient (Wildman–Crippen LogP) is 1.47. The number of halogens is 1. The third kappa shape index (κ3) is 2.94. The van der Waals surface area contributed by atoms with Crippen LogP contribution in [0.2, 0.25) is 0 Å². The lowest BCUT2D eigenvalue weighted by atomic mass is 10.1. The molecule has 1 saturated heterocycles. The summed E-state index contributed by atoms with van der Waals surface area (Å²) < 4.78 is 36.6. The number of rotatable bonds is 3. The van der Waals surface area contributed by atoms with Crippen LogP contribution in [0, 0.1) is 5.82 Å². The van der Waals surface area contributed by atoms with Crippen LogP contribution in [0.3, 0.4) is 0 Å². The van der Waals surface area contributed by atoms with E-state index in [0.29, 0.717) is 13.0 Å². The van der Waals surface area contributed by atoms with Crippen molar-refractivity contribution in [2.24, 2.45) is 0 Å². The van der Waals surface area contributed by atoms with Gasteiger partial charge in [0.05, 0.1) is 17.1 Å². The molecule has 0 aliphatic carbocycles. The number of nitrogens with zero attached hydrogens (tertiary/aromatic N) is 1. The molecule has 19 heavy (non-hydrogen) atoms. The summed E-state index contributed by atoms with van der Waals surface area (Å²) in [5.74, 6) is -0.950. The summed E-state index contributed by atoms with van der Waals surface area (Å²) in [6, 6.07) is 5.41. The molecule has 1 amide bonds. The lowest BCUT2D eigenvalue weighted by Gasteiger charge is -2.27. The van der Waals surface area contributed by atoms with E-state index in [1.54, 1.807) is 13.0 Å². The second kappa shape index (κ2) is 5.28. The van der Waals surface area contributed by atoms with Crippen LogP contribution in [-0.2, 0) is 9.84 Å². The Morgan fingerprint density at radius 2 is 2.11 bits per heavy atom. The van der Waals surface area contributed by atoms with Crippen molar-refractivity contribution in [2.75, 3.05) is 18.1 Å². The van der Waals surface area contributed by atoms with Gasteiger partial charge in [-0.25, -0.2) is 12.8 Å². The van der Waals surface area contributed by atoms with Crippen molar-refractivity contribution in [3.63, 3.8) is 0 Å². The Morgan fingerprint density at radius 1 is 1.42 bits per heavy atom. The first-order chi connectivity index (χ1) is 8.94. The zero-order valence-electron chi connectivity index (χ0n) is 10.7. The van der Waals surface area contributed by atoms with E-state index in [0.717, 1.165) is 0 Å². The minimum absolute atomic E-state index is 0.00588. The number of benzene rings is 1. The van der Waals surface area contributed by atoms with Crippen molar-refractivity contribution >= 4 is 15.7 Å². The standard InChI is InChI=1S/C13H16FNO3S/c1-2-15(10-7-8-19(17,18)9-10)13(16)11-5-3-4-6-12(11)14/h3-6,10H,2,7-9H2,1H3. The Kier molecular flexibility index (Phi) is 3.89. The molecule has 2 rings (SSSR count). The number of amides is 1. The second-order valence-electron chi connectivity index (χ2n) is 4.63. The molecule has 1 aromatic rings. The maximum Gasteiger partial charge on any atom is 0.257 e. The number of carbonyl (C=O) groups excluding carboxylic acids is 1. The SMILES string of the molecule is CCN(C(=O)c1ccccc1F)C1CCS(=O)(=O)C1. The Labute approximate surface area is 112 Å². The molecule has 0 saturated carbocycles. The van der Waals surface area contributed by atoms with Gasteiger partial charge in [0, 0.05) is 12.6 Å². The molecule has 1 heterocycles. The average Bonchev–Trinajstić information content (AvgIpc) is 2.71. The third-order valence-corrected chi connectivity index (χ3v) is 5.11. The fourth-order valence-electron chi connectivity index (χ4n) is 2.38. The minimum atomic E-state index is -3.06. The van der Waals surface area contributed by atoms with E-state index < -0.39 is 21.6 Å². The largest absolute Gasteiger partial charge is 0.335 e. The molecule has 1 unspecified atom stereocenters. The molecule has 0 aromatic heterocycles. The van der Waals surface area contributed by atoms with Gasteiger partial charge in [-0.1, -0.05) is 12.1 Å². The summed E-state index contributed by atoms with van der Waals surface area (Å²) >= 11 is 0. The molecule has 0 spiro atoms. The molecule has 0 radical (unpaired) electrons. The van der Waals surface area contributed by atoms with Gasteiger partial charge in [-0.05, 0) is 25.5 Å². The van der Waals surface area contributed by atoms with Crippen LogP contribution >= 0.6 is 0 Å². The van der Waals surface area contributed by atoms with Gasteiger partial charge >= 0.3 is 0 Å². The van der Waals surface area contributed by atoms with Crippen LogP contribution in [-0.4, -0.2) is 43.3 Å². The summed E-state index contributed by atoms with van der Waals surface area (Å²) in [6.07, 6.45) is 0.427. The van der Waals surface area contributed by atoms with Crippen LogP contribution < -0.4 is 0 Å². The van der Waals surface area contributed by atoms with Gasteiger partial charge in [-0.3, -0.25) is 4.79 Å². The summed E-state index contributed by atoms with van der Waals surface area (Å²) in [4.78, 5) is 13.7. The fraction of sp³-hybridized carbons (Fsp3) is 0.462. The zero-order valence-corrected chi connectivity index (χ0v) is 11.5. The third-order valence-electron chi connectivity index (χ3n) is 3.35. The van der Waals surface area contributed by atoms with Gasteiger partial charge in [0.15, 0.2) is 9.84 Å². The molecule has 1 atom stereocenters. The number of hydrogen-bond acceptors (Lipinski definition) is 3. The highest BCUT2D eigenvalue weighted by molar-refractivity contribution is 7.91. The quantitative estimate of drug-likeness (QED) is 0.845. The number of sulfone groups is 1. The predicted molar refractivity (Wildman–Crippen MR) is 70.2 cm³/mol. The van der Waals surface area contributed by atoms with Gasteiger partial charge < -0.3 is 4.90 Å². The van der Waals surface area contributed by atoms with Crippen molar-refractivity contribution < 1.29 is 17.6 Å². The average molecular weight is 285 g/mol. The maximum absolute atomic E-state index is 13.6. The molecule has 4 nitrogen and oxygen atoms in total. The van der Waals surface area contributed by atoms with Gasteiger partial charge in [-0.15, -0.1) is 0 Å². The lowest BCUT2D eigenvalue weighted by Crippen LogP contribution is -2.41. The van der Waals surface area contributed by atoms with E-state index in [4.69, 9.17) is 0 Å². The fourth-order valence-corrected chi connectivity index (χ4v) is 4.11. The van der Waals surface area contributed by atoms with Gasteiger partial charge in [0.25, 0.3) is 5.91 Å². The highest BCUT2D eigenvalue weighted by atomic mass is 32.2. The van der Waals surface area contributed by atoms with Crippen molar-refractivity contribution in [3.8, 4) is 0 Å². The molecular formula is C13H16FNO3S. The molecular weight excluding hydrogens is 269 g/mol. The molecule has 1 aromatic carbocycles. The van der Waals surface area contributed by atoms with Crippen molar-refractivity contribution in [2.45, 2.75) is 19.4 Å². The molecule has 6 heteroatoms. The summed E-state index contributed by atoms with van der Waals surface area (Å²) in [5, 5.41) is 0. The summed E-state index contributed by atoms with van der Waals surface area (Å²) in [7, 11) is -3.06. The van der Waals surface area contributed by atoms with E-state index in [2.05, 4.69) is 0 Å². The van der Waals surface area contributed by atoms with Gasteiger partial charge in [-0.2, -0.15) is 0 Å². The topological polar surface area (TPSA) is 54.5 Å². The number of carbonyl (C=O) groups is 1. The van der Waals surface area contributed by atoms with Crippen molar-refractivity contribution in [1.82, 2.24) is 4.90 Å². The van der Waals surface area contributed by atoms with E-state index in [1.165, 1.54) is 23.1 Å². The van der Waals surface area contributed by atoms with Gasteiger partial charge in [0.2, 0.25) is 0 Å². The van der Waals surface area contributed by atoms with Crippen LogP contribution in [0.1, 0.15) is 23.7 Å². The highest BCUT2D eigenvalue weighted by Crippen LogP contribution is 2.20. The van der Waals surface area contributed by atoms with E-state index in [9.17, 15) is 17.6 Å². The number of hydrogen-bond donors (Lipinski definition) is 0. The molecule has 0 N–H and O–H groups in total. The summed E-state index contributed by atoms with van der Waals surface area (Å²) in [6.45, 7) is 2.14. The normalized spacial score (nSPS) is 21.3. The monoisotopic (exact) mass is 285 g/mol. The first-order valence-corrected chi connectivity index (χ1v) is 8.02. The highest BCUT2D eigenvalue weighted by Gasteiger charge is 2.34. The molecule has 1 aliphatic rings. The van der Waals surface area contributed by atoms with Crippen molar-refractivity contribution in [3.05, 3.63) is 35.6 Å². The molecule has 1 fully saturated rings. The van der Waals surface area contributed by atoms with E-state index >= 15 is 0 Å². The Bertz CT molecular complexity index is 585. The molecule has 104 valence electrons. The molecule has 1 aliphatic heterocycles. The van der Waals surface area contributed by atoms with Crippen LogP contribution in [0.25, 0.3) is 0 Å². The van der Waals surface area contributed by atoms with Crippen LogP contribution in [0.5, 0.6) is 0 Å². The lowest BCUT2D eigenvalue weighted by molar-refractivity contribution is 0.0703. The van der Waals surface area contributed by atoms with E-state index in [-0.39, 0.29) is 23.1 Å². The molecule has 0 bridgehead atoms. The van der Waals surface area contributed by atoms with E-state index in [1.807, 2.05) is 0 Å². The zero-order chi connectivity index (χ0) is 14.0. The Morgan fingerprint density at radius 3 is 2.63 bits per heavy atom. The van der Waals surface area contributed by atoms with Crippen LogP contribution in [0.15, 0.2) is 24.3 Å². The minimum Gasteiger partial charge on any atom is -0.335 e. The first kappa shape index (κ1) is 14.0. The smallest absolute Gasteiger partial charge is 0.257 e. The Balaban J connectivity index is 2.24. The maximum atomic E-state index is 13.6. The van der Waals surface area contributed by atoms with Crippen LogP contribution in [0.4, 0.5) is 4.39 Å². The summed E-state index contributed by atoms with van der Waals surface area (Å²) in [5.41, 5.74) is -0.00588. The first-order valence-electron chi connectivity index (χ1n) is 6.20. The van der Waals surface area contributed by atoms with Crippen molar-refractivity contribution in [1.29, 1.82) is 0 Å².